The van der Waals surface area contributed by atoms with Gasteiger partial charge in [-0.25, -0.2) is 19.3 Å². The van der Waals surface area contributed by atoms with E-state index in [1.807, 2.05) is 26.0 Å². The van der Waals surface area contributed by atoms with Gasteiger partial charge in [-0.3, -0.25) is 9.78 Å². The van der Waals surface area contributed by atoms with E-state index in [-0.39, 0.29) is 31.0 Å². The number of amides is 1. The number of anilines is 1. The normalized spacial score (nSPS) is 19.2. The van der Waals surface area contributed by atoms with Crippen molar-refractivity contribution in [2.24, 2.45) is 5.41 Å². The SMILES string of the molecule is CC(C)NC(=O)C1(C)COC(c2nc(-c3ccc(F)cc3)c(-c3ccnc(NCc4ccncc4)n3)[nH]2)OC1. The lowest BCUT2D eigenvalue weighted by Crippen LogP contribution is -2.50. The number of hydrogen-bond donors (Lipinski definition) is 3. The third kappa shape index (κ3) is 6.10. The van der Waals surface area contributed by atoms with Crippen LogP contribution >= 0.6 is 0 Å². The van der Waals surface area contributed by atoms with Crippen LogP contribution in [0.2, 0.25) is 0 Å². The van der Waals surface area contributed by atoms with Gasteiger partial charge in [-0.15, -0.1) is 0 Å². The summed E-state index contributed by atoms with van der Waals surface area (Å²) in [5.41, 5.74) is 2.65. The zero-order chi connectivity index (χ0) is 27.4. The third-order valence-corrected chi connectivity index (χ3v) is 6.25. The summed E-state index contributed by atoms with van der Waals surface area (Å²) in [5.74, 6) is 0.373. The number of rotatable bonds is 8. The summed E-state index contributed by atoms with van der Waals surface area (Å²) in [6.45, 7) is 6.47. The number of aromatic nitrogens is 5. The zero-order valence-corrected chi connectivity index (χ0v) is 21.9. The molecule has 0 atom stereocenters. The van der Waals surface area contributed by atoms with E-state index in [0.29, 0.717) is 41.0 Å². The first kappa shape index (κ1) is 26.4. The molecule has 0 bridgehead atoms. The molecular formula is C28H30FN7O3. The van der Waals surface area contributed by atoms with Crippen molar-refractivity contribution in [1.82, 2.24) is 30.2 Å². The average molecular weight is 532 g/mol. The van der Waals surface area contributed by atoms with Crippen molar-refractivity contribution < 1.29 is 18.7 Å². The highest BCUT2D eigenvalue weighted by molar-refractivity contribution is 5.83. The van der Waals surface area contributed by atoms with Crippen LogP contribution in [0.4, 0.5) is 10.3 Å². The Hall–Kier alpha value is -4.22. The fourth-order valence-corrected chi connectivity index (χ4v) is 4.10. The molecule has 1 aromatic carbocycles. The van der Waals surface area contributed by atoms with Gasteiger partial charge in [0.05, 0.1) is 35.7 Å². The van der Waals surface area contributed by atoms with Crippen LogP contribution < -0.4 is 10.6 Å². The molecule has 1 amide bonds. The van der Waals surface area contributed by atoms with Crippen LogP contribution in [-0.4, -0.2) is 50.1 Å². The lowest BCUT2D eigenvalue weighted by molar-refractivity contribution is -0.231. The molecule has 202 valence electrons. The molecule has 0 aliphatic carbocycles. The summed E-state index contributed by atoms with van der Waals surface area (Å²) in [5, 5.41) is 6.14. The van der Waals surface area contributed by atoms with Crippen LogP contribution in [0, 0.1) is 11.2 Å². The van der Waals surface area contributed by atoms with Gasteiger partial charge >= 0.3 is 0 Å². The second-order valence-corrected chi connectivity index (χ2v) is 9.97. The molecule has 4 heterocycles. The van der Waals surface area contributed by atoms with Crippen molar-refractivity contribution in [3.8, 4) is 22.6 Å². The Balaban J connectivity index is 1.41. The van der Waals surface area contributed by atoms with Gasteiger partial charge in [0.1, 0.15) is 5.82 Å². The number of halogens is 1. The number of aromatic amines is 1. The van der Waals surface area contributed by atoms with E-state index >= 15 is 0 Å². The topological polar surface area (TPSA) is 127 Å². The molecule has 0 unspecified atom stereocenters. The second kappa shape index (κ2) is 11.3. The van der Waals surface area contributed by atoms with Gasteiger partial charge in [-0.2, -0.15) is 0 Å². The lowest BCUT2D eigenvalue weighted by Gasteiger charge is -2.35. The molecule has 1 aliphatic heterocycles. The van der Waals surface area contributed by atoms with Crippen molar-refractivity contribution in [3.05, 3.63) is 78.3 Å². The molecule has 0 saturated carbocycles. The molecule has 1 saturated heterocycles. The van der Waals surface area contributed by atoms with E-state index in [0.717, 1.165) is 5.56 Å². The number of nitrogens with zero attached hydrogens (tertiary/aromatic N) is 4. The van der Waals surface area contributed by atoms with Gasteiger partial charge in [0.15, 0.2) is 5.82 Å². The maximum Gasteiger partial charge on any atom is 0.230 e. The van der Waals surface area contributed by atoms with E-state index in [1.165, 1.54) is 12.1 Å². The fraction of sp³-hybridized carbons (Fsp3) is 0.321. The summed E-state index contributed by atoms with van der Waals surface area (Å²) >= 11 is 0. The Morgan fingerprint density at radius 2 is 1.79 bits per heavy atom. The van der Waals surface area contributed by atoms with Gasteiger partial charge in [0, 0.05) is 36.7 Å². The molecule has 0 radical (unpaired) electrons. The summed E-state index contributed by atoms with van der Waals surface area (Å²) < 4.78 is 25.6. The van der Waals surface area contributed by atoms with Crippen LogP contribution in [-0.2, 0) is 20.8 Å². The number of carbonyl (C=O) groups excluding carboxylic acids is 1. The smallest absolute Gasteiger partial charge is 0.230 e. The van der Waals surface area contributed by atoms with E-state index in [9.17, 15) is 9.18 Å². The van der Waals surface area contributed by atoms with Gasteiger partial charge in [0.25, 0.3) is 0 Å². The highest BCUT2D eigenvalue weighted by atomic mass is 19.1. The first-order valence-electron chi connectivity index (χ1n) is 12.7. The van der Waals surface area contributed by atoms with Crippen molar-refractivity contribution >= 4 is 11.9 Å². The monoisotopic (exact) mass is 531 g/mol. The summed E-state index contributed by atoms with van der Waals surface area (Å²) in [4.78, 5) is 33.7. The highest BCUT2D eigenvalue weighted by Crippen LogP contribution is 2.35. The lowest BCUT2D eigenvalue weighted by atomic mass is 9.90. The Morgan fingerprint density at radius 3 is 2.49 bits per heavy atom. The quantitative estimate of drug-likeness (QED) is 0.308. The third-order valence-electron chi connectivity index (χ3n) is 6.25. The van der Waals surface area contributed by atoms with Crippen LogP contribution in [0.5, 0.6) is 0 Å². The van der Waals surface area contributed by atoms with Crippen molar-refractivity contribution in [2.45, 2.75) is 39.6 Å². The molecule has 3 aromatic heterocycles. The number of hydrogen-bond acceptors (Lipinski definition) is 8. The molecule has 0 spiro atoms. The zero-order valence-electron chi connectivity index (χ0n) is 21.9. The van der Waals surface area contributed by atoms with Crippen LogP contribution in [0.3, 0.4) is 0 Å². The number of benzene rings is 1. The maximum atomic E-state index is 13.7. The minimum Gasteiger partial charge on any atom is -0.353 e. The maximum absolute atomic E-state index is 13.7. The number of carbonyl (C=O) groups is 1. The Bertz CT molecular complexity index is 1420. The largest absolute Gasteiger partial charge is 0.353 e. The Morgan fingerprint density at radius 1 is 1.08 bits per heavy atom. The molecule has 4 aromatic rings. The fourth-order valence-electron chi connectivity index (χ4n) is 4.10. The van der Waals surface area contributed by atoms with Crippen LogP contribution in [0.15, 0.2) is 61.1 Å². The number of imidazole rings is 1. The molecule has 1 fully saturated rings. The van der Waals surface area contributed by atoms with E-state index in [2.05, 4.69) is 30.6 Å². The first-order chi connectivity index (χ1) is 18.8. The van der Waals surface area contributed by atoms with Crippen molar-refractivity contribution in [3.63, 3.8) is 0 Å². The number of H-pyrrole nitrogens is 1. The number of pyridine rings is 1. The molecule has 10 nitrogen and oxygen atoms in total. The number of nitrogens with one attached hydrogen (secondary N) is 3. The summed E-state index contributed by atoms with van der Waals surface area (Å²) in [7, 11) is 0. The predicted octanol–water partition coefficient (Wildman–Crippen LogP) is 4.26. The Kier molecular flexibility index (Phi) is 7.62. The minimum absolute atomic E-state index is 0.00916. The summed E-state index contributed by atoms with van der Waals surface area (Å²) in [6, 6.07) is 11.6. The Labute approximate surface area is 225 Å². The summed E-state index contributed by atoms with van der Waals surface area (Å²) in [6.07, 6.45) is 4.29. The van der Waals surface area contributed by atoms with Crippen molar-refractivity contribution in [1.29, 1.82) is 0 Å². The molecule has 11 heteroatoms. The second-order valence-electron chi connectivity index (χ2n) is 9.97. The van der Waals surface area contributed by atoms with Gasteiger partial charge in [-0.05, 0) is 68.8 Å². The van der Waals surface area contributed by atoms with Crippen LogP contribution in [0.1, 0.15) is 38.4 Å². The first-order valence-corrected chi connectivity index (χ1v) is 12.7. The average Bonchev–Trinajstić information content (AvgIpc) is 3.39. The van der Waals surface area contributed by atoms with Gasteiger partial charge < -0.3 is 25.1 Å². The van der Waals surface area contributed by atoms with Gasteiger partial charge in [0.2, 0.25) is 18.1 Å². The minimum atomic E-state index is -0.821. The molecule has 3 N–H and O–H groups in total. The predicted molar refractivity (Wildman–Crippen MR) is 143 cm³/mol. The molecule has 5 rings (SSSR count). The molecular weight excluding hydrogens is 501 g/mol. The highest BCUT2D eigenvalue weighted by Gasteiger charge is 2.41. The molecule has 39 heavy (non-hydrogen) atoms. The van der Waals surface area contributed by atoms with E-state index in [1.54, 1.807) is 43.7 Å². The number of ether oxygens (including phenoxy) is 2. The van der Waals surface area contributed by atoms with Crippen LogP contribution in [0.25, 0.3) is 22.6 Å². The molecule has 1 aliphatic rings. The standard InChI is InChI=1S/C28H30FN7O3/c1-17(2)33-26(37)28(3)15-38-25(39-16-28)24-35-22(19-4-6-20(29)7-5-19)23(36-24)21-10-13-31-27(34-21)32-14-18-8-11-30-12-9-18/h4-13,17,25H,14-16H2,1-3H3,(H,33,37)(H,35,36)(H,31,32,34). The van der Waals surface area contributed by atoms with E-state index < -0.39 is 11.7 Å². The van der Waals surface area contributed by atoms with E-state index in [4.69, 9.17) is 14.5 Å². The van der Waals surface area contributed by atoms with Gasteiger partial charge in [-0.1, -0.05) is 0 Å². The van der Waals surface area contributed by atoms with Crippen molar-refractivity contribution in [2.75, 3.05) is 18.5 Å².